The Morgan fingerprint density at radius 1 is 1.48 bits per heavy atom. The number of carbonyl (C=O) groups is 1. The van der Waals surface area contributed by atoms with Crippen LogP contribution in [0.3, 0.4) is 0 Å². The molecule has 0 radical (unpaired) electrons. The summed E-state index contributed by atoms with van der Waals surface area (Å²) in [6.45, 7) is 2.12. The summed E-state index contributed by atoms with van der Waals surface area (Å²) >= 11 is 5.97. The predicted octanol–water partition coefficient (Wildman–Crippen LogP) is 1.98. The third kappa shape index (κ3) is 2.94. The molecule has 2 heterocycles. The van der Waals surface area contributed by atoms with Crippen LogP contribution in [0.5, 0.6) is 0 Å². The summed E-state index contributed by atoms with van der Waals surface area (Å²) in [6.07, 6.45) is 0.883. The summed E-state index contributed by atoms with van der Waals surface area (Å²) in [5.74, 6) is -0.0730. The second-order valence-electron chi connectivity index (χ2n) is 5.25. The van der Waals surface area contributed by atoms with Crippen molar-refractivity contribution in [2.45, 2.75) is 19.5 Å². The van der Waals surface area contributed by atoms with Gasteiger partial charge in [0.2, 0.25) is 0 Å². The SMILES string of the molecule is CN(Cc1cccc(Cl)c1)C(=O)c1n[nH]c2c1CNCC2. The zero-order valence-electron chi connectivity index (χ0n) is 11.8. The Morgan fingerprint density at radius 2 is 2.33 bits per heavy atom. The number of nitrogens with zero attached hydrogens (tertiary/aromatic N) is 2. The first-order valence-corrected chi connectivity index (χ1v) is 7.29. The number of H-pyrrole nitrogens is 1. The molecule has 1 aromatic heterocycles. The molecule has 0 unspecified atom stereocenters. The minimum absolute atomic E-state index is 0.0730. The maximum Gasteiger partial charge on any atom is 0.274 e. The lowest BCUT2D eigenvalue weighted by atomic mass is 10.1. The van der Waals surface area contributed by atoms with E-state index in [1.807, 2.05) is 24.3 Å². The summed E-state index contributed by atoms with van der Waals surface area (Å²) < 4.78 is 0. The number of benzene rings is 1. The smallest absolute Gasteiger partial charge is 0.274 e. The number of hydrogen-bond donors (Lipinski definition) is 2. The van der Waals surface area contributed by atoms with Crippen LogP contribution in [0, 0.1) is 0 Å². The molecule has 6 heteroatoms. The molecule has 3 rings (SSSR count). The second-order valence-corrected chi connectivity index (χ2v) is 5.68. The fraction of sp³-hybridized carbons (Fsp3) is 0.333. The lowest BCUT2D eigenvalue weighted by Gasteiger charge is -2.18. The number of hydrogen-bond acceptors (Lipinski definition) is 3. The molecule has 0 aliphatic carbocycles. The van der Waals surface area contributed by atoms with Gasteiger partial charge in [0.25, 0.3) is 5.91 Å². The highest BCUT2D eigenvalue weighted by atomic mass is 35.5. The standard InChI is InChI=1S/C15H17ClN4O/c1-20(9-10-3-2-4-11(16)7-10)15(21)14-12-8-17-6-5-13(12)18-19-14/h2-4,7,17H,5-6,8-9H2,1H3,(H,18,19). The van der Waals surface area contributed by atoms with Crippen LogP contribution in [0.2, 0.25) is 5.02 Å². The van der Waals surface area contributed by atoms with Gasteiger partial charge in [-0.3, -0.25) is 9.89 Å². The Labute approximate surface area is 128 Å². The summed E-state index contributed by atoms with van der Waals surface area (Å²) in [5, 5.41) is 11.1. The highest BCUT2D eigenvalue weighted by Crippen LogP contribution is 2.18. The van der Waals surface area contributed by atoms with E-state index in [1.54, 1.807) is 11.9 Å². The van der Waals surface area contributed by atoms with Gasteiger partial charge in [0.05, 0.1) is 0 Å². The number of rotatable bonds is 3. The van der Waals surface area contributed by atoms with Gasteiger partial charge in [-0.25, -0.2) is 0 Å². The molecule has 0 bridgehead atoms. The number of fused-ring (bicyclic) bond motifs is 1. The molecule has 0 saturated carbocycles. The lowest BCUT2D eigenvalue weighted by Crippen LogP contribution is -2.29. The van der Waals surface area contributed by atoms with Crippen molar-refractivity contribution in [3.63, 3.8) is 0 Å². The first kappa shape index (κ1) is 14.1. The minimum Gasteiger partial charge on any atom is -0.336 e. The molecular weight excluding hydrogens is 288 g/mol. The highest BCUT2D eigenvalue weighted by molar-refractivity contribution is 6.30. The fourth-order valence-electron chi connectivity index (χ4n) is 2.56. The van der Waals surface area contributed by atoms with Crippen molar-refractivity contribution >= 4 is 17.5 Å². The van der Waals surface area contributed by atoms with E-state index in [0.29, 0.717) is 23.8 Å². The average Bonchev–Trinajstić information content (AvgIpc) is 2.90. The Bertz CT molecular complexity index is 667. The van der Waals surface area contributed by atoms with E-state index >= 15 is 0 Å². The molecule has 1 aliphatic heterocycles. The number of nitrogens with one attached hydrogen (secondary N) is 2. The quantitative estimate of drug-likeness (QED) is 0.911. The van der Waals surface area contributed by atoms with E-state index in [9.17, 15) is 4.79 Å². The highest BCUT2D eigenvalue weighted by Gasteiger charge is 2.23. The van der Waals surface area contributed by atoms with Gasteiger partial charge in [0.1, 0.15) is 0 Å². The molecule has 0 atom stereocenters. The molecular formula is C15H17ClN4O. The van der Waals surface area contributed by atoms with Crippen molar-refractivity contribution in [2.75, 3.05) is 13.6 Å². The molecule has 1 aromatic carbocycles. The van der Waals surface area contributed by atoms with E-state index in [1.165, 1.54) is 0 Å². The van der Waals surface area contributed by atoms with Gasteiger partial charge in [-0.2, -0.15) is 5.10 Å². The van der Waals surface area contributed by atoms with Gasteiger partial charge in [0, 0.05) is 49.4 Å². The number of halogens is 1. The number of aromatic amines is 1. The van der Waals surface area contributed by atoms with E-state index in [0.717, 1.165) is 29.8 Å². The molecule has 0 fully saturated rings. The molecule has 1 amide bonds. The largest absolute Gasteiger partial charge is 0.336 e. The second kappa shape index (κ2) is 5.87. The first-order chi connectivity index (χ1) is 10.1. The topological polar surface area (TPSA) is 61.0 Å². The minimum atomic E-state index is -0.0730. The Kier molecular flexibility index (Phi) is 3.94. The zero-order chi connectivity index (χ0) is 14.8. The average molecular weight is 305 g/mol. The fourth-order valence-corrected chi connectivity index (χ4v) is 2.78. The number of aromatic nitrogens is 2. The van der Waals surface area contributed by atoms with Crippen LogP contribution >= 0.6 is 11.6 Å². The van der Waals surface area contributed by atoms with E-state index in [2.05, 4.69) is 15.5 Å². The van der Waals surface area contributed by atoms with Gasteiger partial charge < -0.3 is 10.2 Å². The molecule has 5 nitrogen and oxygen atoms in total. The Morgan fingerprint density at radius 3 is 3.14 bits per heavy atom. The molecule has 2 N–H and O–H groups in total. The van der Waals surface area contributed by atoms with Crippen LogP contribution in [-0.2, 0) is 19.5 Å². The molecule has 2 aromatic rings. The van der Waals surface area contributed by atoms with Crippen LogP contribution in [0.25, 0.3) is 0 Å². The van der Waals surface area contributed by atoms with Crippen molar-refractivity contribution in [1.82, 2.24) is 20.4 Å². The third-order valence-electron chi connectivity index (χ3n) is 3.66. The third-order valence-corrected chi connectivity index (χ3v) is 3.90. The van der Waals surface area contributed by atoms with Gasteiger partial charge in [-0.1, -0.05) is 23.7 Å². The summed E-state index contributed by atoms with van der Waals surface area (Å²) in [7, 11) is 1.78. The Hall–Kier alpha value is -1.85. The maximum absolute atomic E-state index is 12.5. The summed E-state index contributed by atoms with van der Waals surface area (Å²) in [5.41, 5.74) is 3.57. The van der Waals surface area contributed by atoms with E-state index in [-0.39, 0.29) is 5.91 Å². The molecule has 1 aliphatic rings. The van der Waals surface area contributed by atoms with Crippen molar-refractivity contribution in [1.29, 1.82) is 0 Å². The lowest BCUT2D eigenvalue weighted by molar-refractivity contribution is 0.0778. The number of amides is 1. The van der Waals surface area contributed by atoms with Crippen molar-refractivity contribution in [3.8, 4) is 0 Å². The van der Waals surface area contributed by atoms with Gasteiger partial charge >= 0.3 is 0 Å². The summed E-state index contributed by atoms with van der Waals surface area (Å²) in [6, 6.07) is 7.53. The maximum atomic E-state index is 12.5. The molecule has 0 saturated heterocycles. The van der Waals surface area contributed by atoms with Crippen molar-refractivity contribution in [3.05, 3.63) is 51.8 Å². The number of carbonyl (C=O) groups excluding carboxylic acids is 1. The zero-order valence-corrected chi connectivity index (χ0v) is 12.6. The van der Waals surface area contributed by atoms with Gasteiger partial charge in [-0.05, 0) is 17.7 Å². The summed E-state index contributed by atoms with van der Waals surface area (Å²) in [4.78, 5) is 14.2. The first-order valence-electron chi connectivity index (χ1n) is 6.92. The monoisotopic (exact) mass is 304 g/mol. The molecule has 21 heavy (non-hydrogen) atoms. The van der Waals surface area contributed by atoms with Crippen LogP contribution in [0.4, 0.5) is 0 Å². The molecule has 110 valence electrons. The van der Waals surface area contributed by atoms with Crippen molar-refractivity contribution < 1.29 is 4.79 Å². The normalized spacial score (nSPS) is 13.8. The van der Waals surface area contributed by atoms with Gasteiger partial charge in [0.15, 0.2) is 5.69 Å². The molecule has 0 spiro atoms. The van der Waals surface area contributed by atoms with Crippen LogP contribution in [0.1, 0.15) is 27.3 Å². The Balaban J connectivity index is 1.77. The van der Waals surface area contributed by atoms with E-state index in [4.69, 9.17) is 11.6 Å². The predicted molar refractivity (Wildman–Crippen MR) is 81.2 cm³/mol. The van der Waals surface area contributed by atoms with Crippen LogP contribution in [0.15, 0.2) is 24.3 Å². The van der Waals surface area contributed by atoms with Gasteiger partial charge in [-0.15, -0.1) is 0 Å². The van der Waals surface area contributed by atoms with Crippen LogP contribution in [-0.4, -0.2) is 34.6 Å². The van der Waals surface area contributed by atoms with Crippen LogP contribution < -0.4 is 5.32 Å². The van der Waals surface area contributed by atoms with Crippen molar-refractivity contribution in [2.24, 2.45) is 0 Å². The van der Waals surface area contributed by atoms with E-state index < -0.39 is 0 Å².